The Morgan fingerprint density at radius 3 is 2.90 bits per heavy atom. The summed E-state index contributed by atoms with van der Waals surface area (Å²) >= 11 is 1.42. The highest BCUT2D eigenvalue weighted by molar-refractivity contribution is 8.15. The SMILES string of the molecule is C=CCN1C(=NC(=O)[C@H](C)CC)S[C@H]2CS(=O)(=O)C[C@H]21. The lowest BCUT2D eigenvalue weighted by Gasteiger charge is -2.22. The van der Waals surface area contributed by atoms with E-state index in [0.29, 0.717) is 11.7 Å². The van der Waals surface area contributed by atoms with Crippen LogP contribution in [0.3, 0.4) is 0 Å². The second-order valence-electron chi connectivity index (χ2n) is 5.28. The fourth-order valence-electron chi connectivity index (χ4n) is 2.37. The van der Waals surface area contributed by atoms with Gasteiger partial charge in [0.1, 0.15) is 0 Å². The lowest BCUT2D eigenvalue weighted by molar-refractivity contribution is -0.121. The number of thioether (sulfide) groups is 1. The van der Waals surface area contributed by atoms with Crippen LogP contribution in [0.1, 0.15) is 20.3 Å². The van der Waals surface area contributed by atoms with Gasteiger partial charge >= 0.3 is 0 Å². The Morgan fingerprint density at radius 2 is 2.30 bits per heavy atom. The van der Waals surface area contributed by atoms with Gasteiger partial charge < -0.3 is 4.90 Å². The van der Waals surface area contributed by atoms with Gasteiger partial charge in [-0.25, -0.2) is 8.42 Å². The van der Waals surface area contributed by atoms with Gasteiger partial charge in [-0.15, -0.1) is 6.58 Å². The molecule has 2 rings (SSSR count). The average Bonchev–Trinajstić information content (AvgIpc) is 2.82. The Kier molecular flexibility index (Phi) is 4.59. The molecule has 0 aromatic heterocycles. The molecule has 2 heterocycles. The molecule has 2 fully saturated rings. The Labute approximate surface area is 124 Å². The highest BCUT2D eigenvalue weighted by Crippen LogP contribution is 2.38. The third-order valence-corrected chi connectivity index (χ3v) is 6.99. The molecule has 112 valence electrons. The minimum Gasteiger partial charge on any atom is -0.342 e. The number of sulfone groups is 1. The molecule has 2 aliphatic rings. The van der Waals surface area contributed by atoms with E-state index in [1.807, 2.05) is 18.7 Å². The van der Waals surface area contributed by atoms with Gasteiger partial charge in [0.05, 0.1) is 17.5 Å². The molecule has 2 saturated heterocycles. The van der Waals surface area contributed by atoms with Gasteiger partial charge in [0.15, 0.2) is 15.0 Å². The van der Waals surface area contributed by atoms with Gasteiger partial charge in [0.25, 0.3) is 5.91 Å². The van der Waals surface area contributed by atoms with E-state index in [-0.39, 0.29) is 34.6 Å². The van der Waals surface area contributed by atoms with Crippen molar-refractivity contribution in [3.8, 4) is 0 Å². The Balaban J connectivity index is 2.22. The highest BCUT2D eigenvalue weighted by Gasteiger charge is 2.48. The molecule has 0 aromatic carbocycles. The van der Waals surface area contributed by atoms with Crippen molar-refractivity contribution < 1.29 is 13.2 Å². The van der Waals surface area contributed by atoms with Gasteiger partial charge in [-0.05, 0) is 6.42 Å². The van der Waals surface area contributed by atoms with Crippen molar-refractivity contribution in [3.63, 3.8) is 0 Å². The zero-order valence-corrected chi connectivity index (χ0v) is 13.4. The summed E-state index contributed by atoms with van der Waals surface area (Å²) in [6.45, 7) is 8.03. The molecule has 20 heavy (non-hydrogen) atoms. The molecule has 0 unspecified atom stereocenters. The summed E-state index contributed by atoms with van der Waals surface area (Å²) in [5.74, 6) is 0.0893. The van der Waals surface area contributed by atoms with Crippen LogP contribution < -0.4 is 0 Å². The third-order valence-electron chi connectivity index (χ3n) is 3.74. The van der Waals surface area contributed by atoms with E-state index in [1.54, 1.807) is 6.08 Å². The topological polar surface area (TPSA) is 66.8 Å². The van der Waals surface area contributed by atoms with Crippen molar-refractivity contribution >= 4 is 32.7 Å². The molecular formula is C13H20N2O3S2. The zero-order valence-electron chi connectivity index (χ0n) is 11.8. The van der Waals surface area contributed by atoms with Crippen molar-refractivity contribution in [2.45, 2.75) is 31.6 Å². The van der Waals surface area contributed by atoms with E-state index in [4.69, 9.17) is 0 Å². The normalized spacial score (nSPS) is 31.3. The molecule has 0 aromatic rings. The summed E-state index contributed by atoms with van der Waals surface area (Å²) in [5.41, 5.74) is 0. The number of carbonyl (C=O) groups excluding carboxylic acids is 1. The van der Waals surface area contributed by atoms with E-state index >= 15 is 0 Å². The number of rotatable bonds is 4. The second kappa shape index (κ2) is 5.89. The summed E-state index contributed by atoms with van der Waals surface area (Å²) in [5, 5.41) is 0.642. The first-order valence-electron chi connectivity index (χ1n) is 6.75. The number of hydrogen-bond donors (Lipinski definition) is 0. The van der Waals surface area contributed by atoms with Gasteiger partial charge in [0.2, 0.25) is 0 Å². The molecule has 2 aliphatic heterocycles. The van der Waals surface area contributed by atoms with E-state index in [1.165, 1.54) is 11.8 Å². The first-order chi connectivity index (χ1) is 9.38. The summed E-state index contributed by atoms with van der Waals surface area (Å²) in [6, 6.07) is -0.0773. The van der Waals surface area contributed by atoms with E-state index in [2.05, 4.69) is 11.6 Å². The summed E-state index contributed by atoms with van der Waals surface area (Å²) < 4.78 is 23.4. The van der Waals surface area contributed by atoms with Crippen LogP contribution in [0, 0.1) is 5.92 Å². The van der Waals surface area contributed by atoms with Crippen LogP contribution in [0.4, 0.5) is 0 Å². The Morgan fingerprint density at radius 1 is 1.60 bits per heavy atom. The number of amidine groups is 1. The summed E-state index contributed by atoms with van der Waals surface area (Å²) in [4.78, 5) is 18.1. The van der Waals surface area contributed by atoms with Crippen molar-refractivity contribution in [2.75, 3.05) is 18.1 Å². The van der Waals surface area contributed by atoms with Crippen molar-refractivity contribution in [1.82, 2.24) is 4.90 Å². The molecule has 0 bridgehead atoms. The first kappa shape index (κ1) is 15.6. The molecule has 0 aliphatic carbocycles. The average molecular weight is 316 g/mol. The third kappa shape index (κ3) is 3.09. The van der Waals surface area contributed by atoms with E-state index < -0.39 is 9.84 Å². The van der Waals surface area contributed by atoms with E-state index in [9.17, 15) is 13.2 Å². The summed E-state index contributed by atoms with van der Waals surface area (Å²) in [7, 11) is -2.97. The number of aliphatic imine (C=N–C) groups is 1. The Bertz CT molecular complexity index is 542. The van der Waals surface area contributed by atoms with Gasteiger partial charge in [0, 0.05) is 17.7 Å². The zero-order chi connectivity index (χ0) is 14.9. The minimum absolute atomic E-state index is 0.0107. The molecule has 0 saturated carbocycles. The fourth-order valence-corrected chi connectivity index (χ4v) is 6.33. The largest absolute Gasteiger partial charge is 0.342 e. The maximum Gasteiger partial charge on any atom is 0.250 e. The standard InChI is InChI=1S/C13H20N2O3S2/c1-4-6-15-10-7-20(17,18)8-11(10)19-13(15)14-12(16)9(3)5-2/h4,9-11H,1,5-8H2,2-3H3/t9-,10-,11+/m1/s1. The van der Waals surface area contributed by atoms with Crippen molar-refractivity contribution in [2.24, 2.45) is 10.9 Å². The van der Waals surface area contributed by atoms with E-state index in [0.717, 1.165) is 6.42 Å². The van der Waals surface area contributed by atoms with Crippen LogP contribution >= 0.6 is 11.8 Å². The molecule has 3 atom stereocenters. The lowest BCUT2D eigenvalue weighted by atomic mass is 10.1. The predicted octanol–water partition coefficient (Wildman–Crippen LogP) is 1.32. The van der Waals surface area contributed by atoms with Crippen LogP contribution in [-0.2, 0) is 14.6 Å². The maximum absolute atomic E-state index is 12.0. The quantitative estimate of drug-likeness (QED) is 0.732. The van der Waals surface area contributed by atoms with Gasteiger partial charge in [-0.2, -0.15) is 4.99 Å². The summed E-state index contributed by atoms with van der Waals surface area (Å²) in [6.07, 6.45) is 2.47. The molecule has 0 N–H and O–H groups in total. The lowest BCUT2D eigenvalue weighted by Crippen LogP contribution is -2.37. The van der Waals surface area contributed by atoms with Crippen LogP contribution in [0.2, 0.25) is 0 Å². The number of amides is 1. The van der Waals surface area contributed by atoms with Gasteiger partial charge in [-0.1, -0.05) is 31.7 Å². The van der Waals surface area contributed by atoms with Crippen LogP contribution in [0.5, 0.6) is 0 Å². The van der Waals surface area contributed by atoms with Crippen LogP contribution in [0.25, 0.3) is 0 Å². The highest BCUT2D eigenvalue weighted by atomic mass is 32.2. The molecule has 1 amide bonds. The van der Waals surface area contributed by atoms with Crippen LogP contribution in [-0.4, -0.2) is 53.7 Å². The maximum atomic E-state index is 12.0. The molecule has 0 radical (unpaired) electrons. The number of hydrogen-bond acceptors (Lipinski definition) is 4. The Hall–Kier alpha value is -0.820. The molecule has 7 heteroatoms. The minimum atomic E-state index is -2.97. The smallest absolute Gasteiger partial charge is 0.250 e. The van der Waals surface area contributed by atoms with Crippen molar-refractivity contribution in [1.29, 1.82) is 0 Å². The van der Waals surface area contributed by atoms with Gasteiger partial charge in [-0.3, -0.25) is 4.79 Å². The molecule has 0 spiro atoms. The van der Waals surface area contributed by atoms with Crippen molar-refractivity contribution in [3.05, 3.63) is 12.7 Å². The fraction of sp³-hybridized carbons (Fsp3) is 0.692. The number of fused-ring (bicyclic) bond motifs is 1. The molecular weight excluding hydrogens is 296 g/mol. The monoisotopic (exact) mass is 316 g/mol. The predicted molar refractivity (Wildman–Crippen MR) is 82.6 cm³/mol. The number of carbonyl (C=O) groups is 1. The number of nitrogens with zero attached hydrogens (tertiary/aromatic N) is 2. The van der Waals surface area contributed by atoms with Crippen LogP contribution in [0.15, 0.2) is 17.6 Å². The second-order valence-corrected chi connectivity index (χ2v) is 8.64. The first-order valence-corrected chi connectivity index (χ1v) is 9.45. The molecule has 5 nitrogen and oxygen atoms in total.